The number of esters is 2. The number of hydrogen-bond acceptors (Lipinski definition) is 7. The van der Waals surface area contributed by atoms with Gasteiger partial charge in [0.05, 0.1) is 4.92 Å². The van der Waals surface area contributed by atoms with Gasteiger partial charge in [-0.25, -0.2) is 0 Å². The first-order valence-electron chi connectivity index (χ1n) is 5.69. The van der Waals surface area contributed by atoms with Gasteiger partial charge in [0.25, 0.3) is 5.69 Å². The minimum atomic E-state index is -1.06. The highest BCUT2D eigenvalue weighted by molar-refractivity contribution is 5.85. The number of nitrogens with zero attached hydrogens (tertiary/aromatic N) is 1. The molecule has 1 rings (SSSR count). The van der Waals surface area contributed by atoms with Crippen LogP contribution in [0.25, 0.3) is 0 Å². The highest BCUT2D eigenvalue weighted by Gasteiger charge is 2.16. The summed E-state index contributed by atoms with van der Waals surface area (Å²) in [6.07, 6.45) is 0. The van der Waals surface area contributed by atoms with Gasteiger partial charge in [-0.1, -0.05) is 0 Å². The van der Waals surface area contributed by atoms with Crippen LogP contribution < -0.4 is 5.73 Å². The fraction of sp³-hybridized carbons (Fsp3) is 0.333. The van der Waals surface area contributed by atoms with Crippen molar-refractivity contribution in [3.63, 3.8) is 0 Å². The number of hydrogen-bond donors (Lipinski definition) is 1. The fourth-order valence-corrected chi connectivity index (χ4v) is 1.25. The molecule has 0 bridgehead atoms. The lowest BCUT2D eigenvalue weighted by atomic mass is 10.2. The molecule has 1 aromatic carbocycles. The lowest BCUT2D eigenvalue weighted by molar-refractivity contribution is -0.384. The summed E-state index contributed by atoms with van der Waals surface area (Å²) in [5.74, 6) is -1.26. The average Bonchev–Trinajstić information content (AvgIpc) is 2.42. The fourth-order valence-electron chi connectivity index (χ4n) is 1.25. The molecule has 0 aliphatic carbocycles. The van der Waals surface area contributed by atoms with E-state index in [-0.39, 0.29) is 31.3 Å². The Morgan fingerprint density at radius 1 is 1.29 bits per heavy atom. The molecular formula is C12H15ClN2O6. The zero-order chi connectivity index (χ0) is 15.1. The molecule has 0 saturated heterocycles. The third-order valence-electron chi connectivity index (χ3n) is 2.30. The van der Waals surface area contributed by atoms with Crippen molar-refractivity contribution in [2.45, 2.75) is 19.6 Å². The zero-order valence-electron chi connectivity index (χ0n) is 11.2. The Balaban J connectivity index is 0.00000400. The lowest BCUT2D eigenvalue weighted by Gasteiger charge is -2.11. The molecule has 0 aliphatic heterocycles. The first kappa shape index (κ1) is 18.8. The van der Waals surface area contributed by atoms with E-state index in [4.69, 9.17) is 10.5 Å². The predicted molar refractivity (Wildman–Crippen MR) is 74.7 cm³/mol. The molecule has 0 radical (unpaired) electrons. The summed E-state index contributed by atoms with van der Waals surface area (Å²) in [5, 5.41) is 10.5. The molecule has 0 unspecified atom stereocenters. The number of nitro groups is 1. The molecule has 1 atom stereocenters. The smallest absolute Gasteiger partial charge is 0.326 e. The number of halogens is 1. The van der Waals surface area contributed by atoms with Gasteiger partial charge in [-0.15, -0.1) is 12.4 Å². The molecule has 0 amide bonds. The third kappa shape index (κ3) is 6.68. The van der Waals surface area contributed by atoms with Crippen molar-refractivity contribution in [3.8, 4) is 0 Å². The molecule has 9 heteroatoms. The summed E-state index contributed by atoms with van der Waals surface area (Å²) >= 11 is 0. The maximum absolute atomic E-state index is 11.5. The van der Waals surface area contributed by atoms with Crippen LogP contribution in [0.1, 0.15) is 12.5 Å². The summed E-state index contributed by atoms with van der Waals surface area (Å²) < 4.78 is 9.48. The molecule has 0 heterocycles. The van der Waals surface area contributed by atoms with Crippen LogP contribution in [0, 0.1) is 10.1 Å². The molecule has 0 aromatic heterocycles. The third-order valence-corrected chi connectivity index (χ3v) is 2.30. The number of rotatable bonds is 6. The van der Waals surface area contributed by atoms with E-state index in [9.17, 15) is 19.7 Å². The topological polar surface area (TPSA) is 122 Å². The van der Waals surface area contributed by atoms with Gasteiger partial charge in [-0.3, -0.25) is 19.7 Å². The van der Waals surface area contributed by atoms with Crippen LogP contribution >= 0.6 is 12.4 Å². The zero-order valence-corrected chi connectivity index (χ0v) is 12.0. The van der Waals surface area contributed by atoms with Crippen molar-refractivity contribution in [2.75, 3.05) is 6.61 Å². The first-order valence-corrected chi connectivity index (χ1v) is 5.69. The highest BCUT2D eigenvalue weighted by Crippen LogP contribution is 2.12. The van der Waals surface area contributed by atoms with Gasteiger partial charge in [0.1, 0.15) is 19.3 Å². The van der Waals surface area contributed by atoms with Crippen LogP contribution in [0.15, 0.2) is 24.3 Å². The van der Waals surface area contributed by atoms with Crippen molar-refractivity contribution in [2.24, 2.45) is 5.73 Å². The van der Waals surface area contributed by atoms with E-state index < -0.39 is 22.9 Å². The number of carbonyl (C=O) groups excluding carboxylic acids is 2. The highest BCUT2D eigenvalue weighted by atomic mass is 35.5. The molecule has 0 aliphatic rings. The summed E-state index contributed by atoms with van der Waals surface area (Å²) in [7, 11) is 0. The quantitative estimate of drug-likeness (QED) is 0.470. The second kappa shape index (κ2) is 8.88. The minimum Gasteiger partial charge on any atom is -0.464 e. The molecule has 0 spiro atoms. The van der Waals surface area contributed by atoms with Gasteiger partial charge in [0.2, 0.25) is 0 Å². The van der Waals surface area contributed by atoms with Crippen LogP contribution in [0.2, 0.25) is 0 Å². The number of nitro benzene ring substituents is 1. The van der Waals surface area contributed by atoms with Gasteiger partial charge < -0.3 is 15.2 Å². The Bertz CT molecular complexity index is 505. The molecule has 21 heavy (non-hydrogen) atoms. The maximum Gasteiger partial charge on any atom is 0.326 e. The van der Waals surface area contributed by atoms with E-state index >= 15 is 0 Å². The van der Waals surface area contributed by atoms with Crippen molar-refractivity contribution in [1.29, 1.82) is 0 Å². The van der Waals surface area contributed by atoms with Gasteiger partial charge in [0, 0.05) is 19.1 Å². The second-order valence-electron chi connectivity index (χ2n) is 3.94. The Hall–Kier alpha value is -2.19. The first-order chi connectivity index (χ1) is 9.40. The molecule has 0 fully saturated rings. The summed E-state index contributed by atoms with van der Waals surface area (Å²) in [6, 6.07) is 4.51. The maximum atomic E-state index is 11.5. The second-order valence-corrected chi connectivity index (χ2v) is 3.94. The van der Waals surface area contributed by atoms with E-state index in [0.717, 1.165) is 0 Å². The average molecular weight is 319 g/mol. The van der Waals surface area contributed by atoms with E-state index in [2.05, 4.69) is 4.74 Å². The van der Waals surface area contributed by atoms with E-state index in [1.165, 1.54) is 31.2 Å². The standard InChI is InChI=1S/C12H14N2O6.ClH/c1-8(15)19-7-11(13)12(16)20-6-9-2-4-10(5-3-9)14(17)18;/h2-5,11H,6-7,13H2,1H3;1H/t11-;/m1./s1. The van der Waals surface area contributed by atoms with Gasteiger partial charge in [-0.05, 0) is 17.7 Å². The van der Waals surface area contributed by atoms with E-state index in [1.807, 2.05) is 0 Å². The number of carbonyl (C=O) groups is 2. The number of benzene rings is 1. The van der Waals surface area contributed by atoms with Crippen LogP contribution in [-0.2, 0) is 25.7 Å². The molecule has 1 aromatic rings. The van der Waals surface area contributed by atoms with Crippen molar-refractivity contribution >= 4 is 30.0 Å². The van der Waals surface area contributed by atoms with Crippen molar-refractivity contribution in [1.82, 2.24) is 0 Å². The number of ether oxygens (including phenoxy) is 2. The Morgan fingerprint density at radius 3 is 2.33 bits per heavy atom. The molecule has 116 valence electrons. The Labute approximate surface area is 126 Å². The van der Waals surface area contributed by atoms with Crippen LogP contribution in [0.4, 0.5) is 5.69 Å². The van der Waals surface area contributed by atoms with Gasteiger partial charge in [0.15, 0.2) is 0 Å². The van der Waals surface area contributed by atoms with Crippen LogP contribution in [0.5, 0.6) is 0 Å². The van der Waals surface area contributed by atoms with Crippen molar-refractivity contribution in [3.05, 3.63) is 39.9 Å². The van der Waals surface area contributed by atoms with Gasteiger partial charge in [-0.2, -0.15) is 0 Å². The van der Waals surface area contributed by atoms with E-state index in [0.29, 0.717) is 5.56 Å². The van der Waals surface area contributed by atoms with Gasteiger partial charge >= 0.3 is 11.9 Å². The SMILES string of the molecule is CC(=O)OC[C@@H](N)C(=O)OCc1ccc([N+](=O)[O-])cc1.Cl. The molecular weight excluding hydrogens is 304 g/mol. The van der Waals surface area contributed by atoms with Crippen LogP contribution in [-0.4, -0.2) is 29.5 Å². The minimum absolute atomic E-state index is 0. The summed E-state index contributed by atoms with van der Waals surface area (Å²) in [5.41, 5.74) is 5.99. The normalized spacial score (nSPS) is 11.0. The number of nitrogens with two attached hydrogens (primary N) is 1. The Morgan fingerprint density at radius 2 is 1.86 bits per heavy atom. The Kier molecular flexibility index (Phi) is 7.95. The molecule has 2 N–H and O–H groups in total. The summed E-state index contributed by atoms with van der Waals surface area (Å²) in [6.45, 7) is 0.883. The van der Waals surface area contributed by atoms with Crippen molar-refractivity contribution < 1.29 is 24.0 Å². The van der Waals surface area contributed by atoms with Crippen LogP contribution in [0.3, 0.4) is 0 Å². The predicted octanol–water partition coefficient (Wildman–Crippen LogP) is 0.950. The lowest BCUT2D eigenvalue weighted by Crippen LogP contribution is -2.37. The molecule has 8 nitrogen and oxygen atoms in total. The van der Waals surface area contributed by atoms with E-state index in [1.54, 1.807) is 0 Å². The monoisotopic (exact) mass is 318 g/mol. The largest absolute Gasteiger partial charge is 0.464 e. The summed E-state index contributed by atoms with van der Waals surface area (Å²) in [4.78, 5) is 31.9. The molecule has 0 saturated carbocycles. The number of non-ortho nitro benzene ring substituents is 1.